The van der Waals surface area contributed by atoms with E-state index in [2.05, 4.69) is 31.3 Å². The molecule has 0 bridgehead atoms. The Hall–Kier alpha value is -6.82. The number of carboxylic acid groups (broad SMARTS) is 1. The lowest BCUT2D eigenvalue weighted by Crippen LogP contribution is -2.42. The molecule has 70 heavy (non-hydrogen) atoms. The topological polar surface area (TPSA) is 235 Å². The third-order valence-electron chi connectivity index (χ3n) is 9.42. The molecule has 384 valence electrons. The molecule has 0 spiro atoms. The first-order chi connectivity index (χ1) is 30.7. The number of aromatic carboxylic acids is 1. The fraction of sp³-hybridized carbons (Fsp3) is 0.391. The van der Waals surface area contributed by atoms with Crippen LogP contribution in [0.4, 0.5) is 37.7 Å². The van der Waals surface area contributed by atoms with Gasteiger partial charge in [0.2, 0.25) is 11.8 Å². The fourth-order valence-corrected chi connectivity index (χ4v) is 8.44. The lowest BCUT2D eigenvalue weighted by Gasteiger charge is -2.21. The van der Waals surface area contributed by atoms with Gasteiger partial charge in [0.1, 0.15) is 21.4 Å². The number of nitrogens with one attached hydrogen (secondary N) is 5. The average molecular weight is 1030 g/mol. The molecule has 0 fully saturated rings. The molecule has 16 nitrogen and oxygen atoms in total. The summed E-state index contributed by atoms with van der Waals surface area (Å²) in [6.45, 7) is 4.85. The van der Waals surface area contributed by atoms with Crippen LogP contribution in [0.1, 0.15) is 135 Å². The summed E-state index contributed by atoms with van der Waals surface area (Å²) in [4.78, 5) is 93.7. The highest BCUT2D eigenvalue weighted by Crippen LogP contribution is 2.38. The van der Waals surface area contributed by atoms with Gasteiger partial charge in [-0.25, -0.2) is 9.59 Å². The highest BCUT2D eigenvalue weighted by molar-refractivity contribution is 7.16. The molecule has 6 N–H and O–H groups in total. The number of fused-ring (bicyclic) bond motifs is 2. The number of carboxylic acids is 1. The maximum Gasteiger partial charge on any atom is 0.418 e. The van der Waals surface area contributed by atoms with E-state index < -0.39 is 80.5 Å². The molecule has 0 aliphatic carbocycles. The smallest absolute Gasteiger partial charge is 0.418 e. The largest absolute Gasteiger partial charge is 0.477 e. The second-order valence-corrected chi connectivity index (χ2v) is 17.5. The maximum atomic E-state index is 13.8. The van der Waals surface area contributed by atoms with Crippen molar-refractivity contribution in [2.45, 2.75) is 113 Å². The van der Waals surface area contributed by atoms with Crippen LogP contribution < -0.4 is 26.6 Å². The summed E-state index contributed by atoms with van der Waals surface area (Å²) in [5.41, 5.74) is 0.374. The van der Waals surface area contributed by atoms with Gasteiger partial charge in [0.15, 0.2) is 0 Å². The zero-order valence-electron chi connectivity index (χ0n) is 35.1. The van der Waals surface area contributed by atoms with E-state index in [1.54, 1.807) is 57.2 Å². The highest BCUT2D eigenvalue weighted by Gasteiger charge is 2.40. The van der Waals surface area contributed by atoms with Gasteiger partial charge in [-0.05, 0) is 73.7 Å². The molecule has 5 amide bonds. The van der Waals surface area contributed by atoms with E-state index >= 15 is 0 Å². The van der Waals surface area contributed by atoms with Gasteiger partial charge in [0.25, 0.3) is 17.7 Å². The molecule has 0 radical (unpaired) electrons. The van der Waals surface area contributed by atoms with E-state index in [1.165, 1.54) is 0 Å². The number of methoxy groups -OCH3 is 1. The SMILES string of the molecule is C.C.C.C.COC(=O)[C@H](CCC(=O)OC(C)(C)C)NC(=O)c1sc(C(=O)NCc2cccc3c2CC(=O)N3)cc1C(F)(F)F.O=C1Cc2c(CNC(=O)c3cc(C(F)(F)F)c(C(=O)O)s3)cccc2N1. The van der Waals surface area contributed by atoms with E-state index in [4.69, 9.17) is 9.84 Å². The van der Waals surface area contributed by atoms with E-state index in [0.29, 0.717) is 57.1 Å². The number of rotatable bonds is 13. The van der Waals surface area contributed by atoms with Crippen molar-refractivity contribution >= 4 is 81.5 Å². The molecule has 2 aromatic heterocycles. The van der Waals surface area contributed by atoms with Gasteiger partial charge >= 0.3 is 30.3 Å². The van der Waals surface area contributed by atoms with Crippen molar-refractivity contribution in [3.05, 3.63) is 101 Å². The van der Waals surface area contributed by atoms with Crippen LogP contribution in [-0.4, -0.2) is 71.3 Å². The molecule has 0 saturated carbocycles. The van der Waals surface area contributed by atoms with Crippen molar-refractivity contribution in [2.75, 3.05) is 17.7 Å². The Balaban J connectivity index is 0.000000713. The van der Waals surface area contributed by atoms with Crippen molar-refractivity contribution in [3.63, 3.8) is 0 Å². The molecule has 4 aromatic rings. The fourth-order valence-electron chi connectivity index (χ4n) is 6.51. The van der Waals surface area contributed by atoms with E-state index in [-0.39, 0.29) is 101 Å². The van der Waals surface area contributed by atoms with Crippen molar-refractivity contribution in [1.82, 2.24) is 16.0 Å². The lowest BCUT2D eigenvalue weighted by atomic mass is 10.0. The quantitative estimate of drug-likeness (QED) is 0.0546. The summed E-state index contributed by atoms with van der Waals surface area (Å²) >= 11 is 0.568. The maximum absolute atomic E-state index is 13.8. The molecule has 2 aliphatic heterocycles. The molecule has 2 aliphatic rings. The predicted molar refractivity (Wildman–Crippen MR) is 251 cm³/mol. The Morgan fingerprint density at radius 2 is 1.13 bits per heavy atom. The van der Waals surface area contributed by atoms with E-state index in [0.717, 1.165) is 7.11 Å². The molecule has 2 aromatic carbocycles. The molecule has 0 saturated heterocycles. The standard InChI is InChI=1S/C26H28F3N3O7S.C16H11F3N2O4S.4CH4/c1-25(2,3)39-20(34)9-8-17(24(37)38-4)32-23(36)21-15(26(27,28)29)11-18(40-21)22(35)30-12-13-6-5-7-16-14(13)10-19(33)31-16;17-16(18,19)9-5-11(26-13(9)15(24)25)14(23)20-6-7-2-1-3-10-8(7)4-12(22)21-10;;;;/h5-7,11,17H,8-10,12H2,1-4H3,(H,30,35)(H,31,33)(H,32,36);1-3,5H,4,6H2,(H,20,23)(H,21,22)(H,24,25);4*1H4/t17-;;;;;/m0...../s1. The minimum atomic E-state index is -4.98. The minimum Gasteiger partial charge on any atom is -0.477 e. The Kier molecular flexibility index (Phi) is 21.5. The van der Waals surface area contributed by atoms with E-state index in [9.17, 15) is 64.7 Å². The van der Waals surface area contributed by atoms with Crippen LogP contribution in [-0.2, 0) is 66.9 Å². The number of carbonyl (C=O) groups is 8. The summed E-state index contributed by atoms with van der Waals surface area (Å²) in [5, 5.41) is 21.4. The third kappa shape index (κ3) is 15.6. The number of halogens is 6. The monoisotopic (exact) mass is 1030 g/mol. The predicted octanol–water partition coefficient (Wildman–Crippen LogP) is 9.02. The number of carbonyl (C=O) groups excluding carboxylic acids is 7. The van der Waals surface area contributed by atoms with Crippen LogP contribution in [0.2, 0.25) is 0 Å². The van der Waals surface area contributed by atoms with E-state index in [1.807, 2.05) is 0 Å². The second-order valence-electron chi connectivity index (χ2n) is 15.4. The van der Waals surface area contributed by atoms with Crippen molar-refractivity contribution < 1.29 is 79.3 Å². The van der Waals surface area contributed by atoms with Gasteiger partial charge in [-0.15, -0.1) is 22.7 Å². The van der Waals surface area contributed by atoms with Crippen LogP contribution in [0.15, 0.2) is 48.5 Å². The van der Waals surface area contributed by atoms with Gasteiger partial charge in [0, 0.05) is 30.9 Å². The molecule has 6 rings (SSSR count). The van der Waals surface area contributed by atoms with Crippen molar-refractivity contribution in [2.24, 2.45) is 0 Å². The number of hydrogen-bond donors (Lipinski definition) is 6. The van der Waals surface area contributed by atoms with Crippen LogP contribution in [0.5, 0.6) is 0 Å². The normalized spacial score (nSPS) is 12.7. The number of thiophene rings is 2. The zero-order valence-corrected chi connectivity index (χ0v) is 36.7. The number of esters is 2. The summed E-state index contributed by atoms with van der Waals surface area (Å²) in [6, 6.07) is 9.77. The number of anilines is 2. The number of amides is 5. The molecular formula is C46H55F6N5O11S2. The van der Waals surface area contributed by atoms with Gasteiger partial charge in [-0.2, -0.15) is 26.3 Å². The first-order valence-electron chi connectivity index (χ1n) is 19.4. The van der Waals surface area contributed by atoms with Crippen molar-refractivity contribution in [3.8, 4) is 0 Å². The second kappa shape index (κ2) is 24.6. The number of alkyl halides is 6. The Morgan fingerprint density at radius 3 is 1.51 bits per heavy atom. The van der Waals surface area contributed by atoms with Gasteiger partial charge in [-0.1, -0.05) is 54.0 Å². The summed E-state index contributed by atoms with van der Waals surface area (Å²) in [7, 11) is 1.03. The van der Waals surface area contributed by atoms with Crippen LogP contribution in [0.25, 0.3) is 0 Å². The molecule has 24 heteroatoms. The van der Waals surface area contributed by atoms with Gasteiger partial charge in [0.05, 0.1) is 40.8 Å². The Bertz CT molecular complexity index is 2600. The average Bonchev–Trinajstić information content (AvgIpc) is 4.03. The van der Waals surface area contributed by atoms with Gasteiger partial charge < -0.3 is 41.2 Å². The number of benzene rings is 2. The summed E-state index contributed by atoms with van der Waals surface area (Å²) < 4.78 is 89.9. The third-order valence-corrected chi connectivity index (χ3v) is 11.7. The van der Waals surface area contributed by atoms with Crippen LogP contribution >= 0.6 is 22.7 Å². The van der Waals surface area contributed by atoms with Crippen LogP contribution in [0.3, 0.4) is 0 Å². The number of hydrogen-bond acceptors (Lipinski definition) is 12. The van der Waals surface area contributed by atoms with Gasteiger partial charge in [-0.3, -0.25) is 28.8 Å². The summed E-state index contributed by atoms with van der Waals surface area (Å²) in [6.07, 6.45) is -10.2. The number of ether oxygens (including phenoxy) is 2. The molecule has 1 atom stereocenters. The Labute approximate surface area is 407 Å². The van der Waals surface area contributed by atoms with Crippen molar-refractivity contribution in [1.29, 1.82) is 0 Å². The first kappa shape index (κ1) is 61.2. The summed E-state index contributed by atoms with van der Waals surface area (Å²) in [5.74, 6) is -6.73. The molecular weight excluding hydrogens is 977 g/mol. The Morgan fingerprint density at radius 1 is 0.700 bits per heavy atom. The zero-order chi connectivity index (χ0) is 48.9. The van der Waals surface area contributed by atoms with Crippen LogP contribution in [0, 0.1) is 0 Å². The minimum absolute atomic E-state index is 0. The molecule has 4 heterocycles. The molecule has 0 unspecified atom stereocenters. The highest BCUT2D eigenvalue weighted by atomic mass is 32.1. The lowest BCUT2D eigenvalue weighted by molar-refractivity contribution is -0.155. The first-order valence-corrected chi connectivity index (χ1v) is 21.0.